The molecular weight excluding hydrogens is 585 g/mol. The van der Waals surface area contributed by atoms with Gasteiger partial charge in [0.25, 0.3) is 0 Å². The molecule has 4 heteroatoms. The first kappa shape index (κ1) is 30.0. The van der Waals surface area contributed by atoms with E-state index in [2.05, 4.69) is 32.9 Å². The second-order valence-corrected chi connectivity index (χ2v) is 20.8. The Kier molecular flexibility index (Phi) is 6.45. The van der Waals surface area contributed by atoms with Gasteiger partial charge in [-0.3, -0.25) is 0 Å². The van der Waals surface area contributed by atoms with Crippen LogP contribution >= 0.6 is 0 Å². The number of hydrogen-bond acceptors (Lipinski definition) is 3. The van der Waals surface area contributed by atoms with E-state index in [1.54, 1.807) is 0 Å². The van der Waals surface area contributed by atoms with Crippen molar-refractivity contribution in [2.45, 2.75) is 157 Å². The van der Waals surface area contributed by atoms with Gasteiger partial charge in [-0.15, -0.1) is 0 Å². The normalized spacial score (nSPS) is 52.6. The summed E-state index contributed by atoms with van der Waals surface area (Å²) in [6.45, 7) is 7.20. The van der Waals surface area contributed by atoms with Crippen LogP contribution in [-0.2, 0) is 26.4 Å². The molecule has 12 saturated carbocycles. The minimum Gasteiger partial charge on any atom is -0.744 e. The summed E-state index contributed by atoms with van der Waals surface area (Å²) in [4.78, 5) is 0.329. The Morgan fingerprint density at radius 1 is 0.500 bits per heavy atom. The zero-order chi connectivity index (χ0) is 31.4. The lowest BCUT2D eigenvalue weighted by Crippen LogP contribution is -2.58. The molecule has 252 valence electrons. The van der Waals surface area contributed by atoms with Gasteiger partial charge in [-0.2, -0.15) is 0 Å². The van der Waals surface area contributed by atoms with Gasteiger partial charge in [0.2, 0.25) is 0 Å². The van der Waals surface area contributed by atoms with E-state index in [-0.39, 0.29) is 16.2 Å². The lowest BCUT2D eigenvalue weighted by atomic mass is 9.40. The minimum atomic E-state index is -4.67. The highest BCUT2D eigenvalue weighted by Gasteiger charge is 2.63. The van der Waals surface area contributed by atoms with Crippen molar-refractivity contribution in [2.75, 3.05) is 0 Å². The highest BCUT2D eigenvalue weighted by atomic mass is 32.2. The summed E-state index contributed by atoms with van der Waals surface area (Å²) < 4.78 is 42.6. The largest absolute Gasteiger partial charge is 0.744 e. The summed E-state index contributed by atoms with van der Waals surface area (Å²) in [5.74, 6) is 8.63. The molecule has 46 heavy (non-hydrogen) atoms. The smallest absolute Gasteiger partial charge is 0.125 e. The summed E-state index contributed by atoms with van der Waals surface area (Å²) >= 11 is 0. The summed E-state index contributed by atoms with van der Waals surface area (Å²) in [6, 6.07) is 4.98. The Morgan fingerprint density at radius 3 is 1.00 bits per heavy atom. The van der Waals surface area contributed by atoms with Gasteiger partial charge < -0.3 is 4.55 Å². The molecule has 12 aliphatic carbocycles. The summed E-state index contributed by atoms with van der Waals surface area (Å²) in [6.07, 6.45) is 22.8. The molecule has 0 radical (unpaired) electrons. The number of rotatable bonds is 7. The van der Waals surface area contributed by atoms with Gasteiger partial charge in [0.15, 0.2) is 0 Å². The molecule has 0 aliphatic heterocycles. The molecule has 3 nitrogen and oxygen atoms in total. The van der Waals surface area contributed by atoms with Crippen molar-refractivity contribution < 1.29 is 13.0 Å². The molecule has 12 fully saturated rings. The molecule has 0 aromatic heterocycles. The van der Waals surface area contributed by atoms with Gasteiger partial charge in [0, 0.05) is 16.2 Å². The third kappa shape index (κ3) is 3.69. The Bertz CT molecular complexity index is 1380. The Hall–Kier alpha value is -0.870. The van der Waals surface area contributed by atoms with E-state index in [0.29, 0.717) is 28.6 Å². The zero-order valence-electron chi connectivity index (χ0n) is 28.9. The van der Waals surface area contributed by atoms with Gasteiger partial charge in [0.1, 0.15) is 10.1 Å². The van der Waals surface area contributed by atoms with Crippen LogP contribution in [0.5, 0.6) is 0 Å². The van der Waals surface area contributed by atoms with Crippen LogP contribution in [0.2, 0.25) is 0 Å². The minimum absolute atomic E-state index is 0.143. The lowest BCUT2D eigenvalue weighted by Gasteiger charge is -2.65. The fraction of sp³-hybridized carbons (Fsp3) is 0.857. The SMILES string of the molecule is CCC1(c2cc(C3(CC)C4CC5CC(C4)CC3C5)c(S(=O)(=O)[O-])c(C3(CC)C4CC5CC(C4)CC3C5)c2)C2CC3CC(C2)CC1C3. The summed E-state index contributed by atoms with van der Waals surface area (Å²) in [5.41, 5.74) is 3.46. The molecule has 12 aliphatic rings. The molecule has 0 saturated heterocycles. The third-order valence-corrected chi connectivity index (χ3v) is 19.4. The monoisotopic (exact) mass is 643 g/mol. The van der Waals surface area contributed by atoms with Gasteiger partial charge in [0.05, 0.1) is 4.90 Å². The third-order valence-electron chi connectivity index (χ3n) is 18.4. The average molecular weight is 644 g/mol. The van der Waals surface area contributed by atoms with Crippen LogP contribution in [-0.4, -0.2) is 13.0 Å². The molecule has 1 aromatic rings. The van der Waals surface area contributed by atoms with E-state index < -0.39 is 10.1 Å². The molecule has 0 unspecified atom stereocenters. The number of hydrogen-bond donors (Lipinski definition) is 0. The number of benzene rings is 1. The van der Waals surface area contributed by atoms with Crippen LogP contribution in [0, 0.1) is 71.0 Å². The Balaban J connectivity index is 1.27. The van der Waals surface area contributed by atoms with Crippen LogP contribution in [0.1, 0.15) is 153 Å². The van der Waals surface area contributed by atoms with Gasteiger partial charge in [-0.05, 0) is 203 Å². The molecule has 0 spiro atoms. The van der Waals surface area contributed by atoms with Crippen molar-refractivity contribution in [3.05, 3.63) is 28.8 Å². The second kappa shape index (κ2) is 9.88. The molecule has 0 heterocycles. The standard InChI is InChI=1S/C42H60O3S/c1-4-40(30-10-24-7-25(12-30)13-31(40)11-24)36-22-37(41(5-2)32-14-26-8-27(16-32)17-33(41)15-26)39(46(43,44)45)38(23-36)42(6-3)34-18-28-9-29(20-34)21-35(42)19-28/h22-35H,4-21H2,1-3H3,(H,43,44,45)/p-1. The van der Waals surface area contributed by atoms with Crippen molar-refractivity contribution in [1.29, 1.82) is 0 Å². The molecular formula is C42H59O3S-. The van der Waals surface area contributed by atoms with Crippen LogP contribution in [0.4, 0.5) is 0 Å². The summed E-state index contributed by atoms with van der Waals surface area (Å²) in [7, 11) is -4.67. The van der Waals surface area contributed by atoms with Crippen LogP contribution < -0.4 is 0 Å². The van der Waals surface area contributed by atoms with Gasteiger partial charge >= 0.3 is 0 Å². The van der Waals surface area contributed by atoms with Crippen molar-refractivity contribution in [2.24, 2.45) is 71.0 Å². The van der Waals surface area contributed by atoms with Gasteiger partial charge in [-0.1, -0.05) is 32.9 Å². The van der Waals surface area contributed by atoms with E-state index >= 15 is 0 Å². The van der Waals surface area contributed by atoms with E-state index in [1.165, 1.54) is 102 Å². The topological polar surface area (TPSA) is 57.2 Å². The lowest BCUT2D eigenvalue weighted by molar-refractivity contribution is -0.0714. The van der Waals surface area contributed by atoms with Gasteiger partial charge in [-0.25, -0.2) is 8.42 Å². The Morgan fingerprint density at radius 2 is 0.761 bits per heavy atom. The van der Waals surface area contributed by atoms with Crippen molar-refractivity contribution in [3.63, 3.8) is 0 Å². The van der Waals surface area contributed by atoms with Crippen molar-refractivity contribution in [1.82, 2.24) is 0 Å². The van der Waals surface area contributed by atoms with Crippen LogP contribution in [0.3, 0.4) is 0 Å². The fourth-order valence-corrected chi connectivity index (χ4v) is 18.6. The zero-order valence-corrected chi connectivity index (χ0v) is 29.8. The maximum absolute atomic E-state index is 14.2. The van der Waals surface area contributed by atoms with Crippen molar-refractivity contribution >= 4 is 10.1 Å². The first-order valence-electron chi connectivity index (χ1n) is 20.3. The highest BCUT2D eigenvalue weighted by Crippen LogP contribution is 2.70. The predicted molar refractivity (Wildman–Crippen MR) is 181 cm³/mol. The maximum atomic E-state index is 14.2. The summed E-state index contributed by atoms with van der Waals surface area (Å²) in [5, 5.41) is 0. The van der Waals surface area contributed by atoms with E-state index in [4.69, 9.17) is 0 Å². The first-order valence-corrected chi connectivity index (χ1v) is 21.7. The molecule has 0 N–H and O–H groups in total. The van der Waals surface area contributed by atoms with Crippen molar-refractivity contribution in [3.8, 4) is 0 Å². The predicted octanol–water partition coefficient (Wildman–Crippen LogP) is 9.90. The Labute approximate surface area is 279 Å². The molecule has 0 atom stereocenters. The second-order valence-electron chi connectivity index (χ2n) is 19.4. The molecule has 13 rings (SSSR count). The highest BCUT2D eigenvalue weighted by molar-refractivity contribution is 7.85. The maximum Gasteiger partial charge on any atom is 0.125 e. The van der Waals surface area contributed by atoms with Crippen LogP contribution in [0.15, 0.2) is 17.0 Å². The van der Waals surface area contributed by atoms with E-state index in [1.807, 2.05) is 0 Å². The fourth-order valence-electron chi connectivity index (χ4n) is 17.6. The first-order chi connectivity index (χ1) is 22.1. The molecule has 0 amide bonds. The van der Waals surface area contributed by atoms with E-state index in [9.17, 15) is 13.0 Å². The molecule has 12 bridgehead atoms. The van der Waals surface area contributed by atoms with E-state index in [0.717, 1.165) is 77.7 Å². The van der Waals surface area contributed by atoms with Crippen LogP contribution in [0.25, 0.3) is 0 Å². The molecule has 1 aromatic carbocycles. The average Bonchev–Trinajstić information content (AvgIpc) is 3.00. The quantitative estimate of drug-likeness (QED) is 0.278.